The predicted molar refractivity (Wildman–Crippen MR) is 126 cm³/mol. The van der Waals surface area contributed by atoms with Gasteiger partial charge in [0, 0.05) is 42.4 Å². The van der Waals surface area contributed by atoms with Crippen molar-refractivity contribution < 1.29 is 18.0 Å². The summed E-state index contributed by atoms with van der Waals surface area (Å²) in [6.07, 6.45) is -2.67. The predicted octanol–water partition coefficient (Wildman–Crippen LogP) is 5.85. The van der Waals surface area contributed by atoms with E-state index >= 15 is 0 Å². The maximum atomic E-state index is 13.1. The van der Waals surface area contributed by atoms with Gasteiger partial charge in [-0.15, -0.1) is 0 Å². The molecule has 0 bridgehead atoms. The number of hydrogen-bond acceptors (Lipinski definition) is 3. The van der Waals surface area contributed by atoms with Crippen LogP contribution in [-0.2, 0) is 12.7 Å². The molecule has 4 rings (SSSR count). The van der Waals surface area contributed by atoms with E-state index in [1.54, 1.807) is 12.1 Å². The van der Waals surface area contributed by atoms with Crippen molar-refractivity contribution >= 4 is 5.91 Å². The average molecular weight is 468 g/mol. The number of nitrogens with zero attached hydrogens (tertiary/aromatic N) is 3. The Bertz CT molecular complexity index is 1140. The van der Waals surface area contributed by atoms with Crippen molar-refractivity contribution in [1.82, 2.24) is 14.8 Å². The second-order valence-electron chi connectivity index (χ2n) is 9.05. The number of piperidine rings is 1. The first-order valence-corrected chi connectivity index (χ1v) is 11.4. The van der Waals surface area contributed by atoms with Gasteiger partial charge in [-0.25, -0.2) is 0 Å². The van der Waals surface area contributed by atoms with E-state index in [2.05, 4.69) is 9.88 Å². The maximum absolute atomic E-state index is 13.1. The molecular weight excluding hydrogens is 439 g/mol. The van der Waals surface area contributed by atoms with Gasteiger partial charge in [0.2, 0.25) is 0 Å². The van der Waals surface area contributed by atoms with Crippen LogP contribution in [-0.4, -0.2) is 47.9 Å². The van der Waals surface area contributed by atoms with Crippen LogP contribution in [0.3, 0.4) is 0 Å². The number of amides is 1. The van der Waals surface area contributed by atoms with Gasteiger partial charge in [-0.05, 0) is 68.9 Å². The van der Waals surface area contributed by atoms with E-state index in [0.717, 1.165) is 42.8 Å². The fraction of sp³-hybridized carbons (Fsp3) is 0.333. The summed E-state index contributed by atoms with van der Waals surface area (Å²) in [5, 5.41) is 0. The number of rotatable bonds is 5. The fourth-order valence-electron chi connectivity index (χ4n) is 4.40. The minimum absolute atomic E-state index is 0.00450. The van der Waals surface area contributed by atoms with E-state index in [1.165, 1.54) is 6.07 Å². The zero-order valence-corrected chi connectivity index (χ0v) is 19.3. The van der Waals surface area contributed by atoms with Gasteiger partial charge in [0.05, 0.1) is 11.3 Å². The molecule has 7 heteroatoms. The van der Waals surface area contributed by atoms with Crippen molar-refractivity contribution in [3.05, 3.63) is 89.1 Å². The largest absolute Gasteiger partial charge is 0.416 e. The van der Waals surface area contributed by atoms with Crippen LogP contribution in [0, 0.1) is 0 Å². The van der Waals surface area contributed by atoms with Crippen LogP contribution in [0.1, 0.15) is 45.9 Å². The molecule has 34 heavy (non-hydrogen) atoms. The van der Waals surface area contributed by atoms with Crippen molar-refractivity contribution in [2.75, 3.05) is 27.2 Å². The van der Waals surface area contributed by atoms with Crippen LogP contribution in [0.25, 0.3) is 11.3 Å². The monoisotopic (exact) mass is 467 g/mol. The van der Waals surface area contributed by atoms with Gasteiger partial charge in [0.25, 0.3) is 5.91 Å². The van der Waals surface area contributed by atoms with Gasteiger partial charge in [-0.1, -0.05) is 30.3 Å². The molecule has 1 aliphatic heterocycles. The molecule has 1 atom stereocenters. The van der Waals surface area contributed by atoms with Crippen molar-refractivity contribution in [2.45, 2.75) is 31.5 Å². The number of likely N-dealkylation sites (tertiary alicyclic amines) is 1. The number of hydrogen-bond donors (Lipinski definition) is 0. The number of benzene rings is 2. The van der Waals surface area contributed by atoms with Gasteiger partial charge in [0.1, 0.15) is 0 Å². The number of pyridine rings is 1. The summed E-state index contributed by atoms with van der Waals surface area (Å²) in [4.78, 5) is 21.7. The Morgan fingerprint density at radius 1 is 1.06 bits per heavy atom. The molecule has 1 amide bonds. The molecule has 0 aliphatic carbocycles. The van der Waals surface area contributed by atoms with Crippen molar-refractivity contribution in [2.24, 2.45) is 0 Å². The summed E-state index contributed by atoms with van der Waals surface area (Å²) in [5.41, 5.74) is 2.85. The van der Waals surface area contributed by atoms with Gasteiger partial charge in [0.15, 0.2) is 0 Å². The SMILES string of the molecule is CN(C)Cc1ccc(C(=O)N2CCC[C@@H](c3cccc(-c4cccc(C(F)(F)F)c4)n3)C2)cc1. The molecule has 1 fully saturated rings. The van der Waals surface area contributed by atoms with Crippen molar-refractivity contribution in [1.29, 1.82) is 0 Å². The second kappa shape index (κ2) is 9.97. The molecule has 0 spiro atoms. The summed E-state index contributed by atoms with van der Waals surface area (Å²) in [6, 6.07) is 18.4. The van der Waals surface area contributed by atoms with Crippen LogP contribution in [0.4, 0.5) is 13.2 Å². The van der Waals surface area contributed by atoms with Gasteiger partial charge in [-0.2, -0.15) is 13.2 Å². The first-order chi connectivity index (χ1) is 16.2. The molecule has 178 valence electrons. The van der Waals surface area contributed by atoms with E-state index in [9.17, 15) is 18.0 Å². The molecule has 4 nitrogen and oxygen atoms in total. The van der Waals surface area contributed by atoms with Crippen LogP contribution >= 0.6 is 0 Å². The van der Waals surface area contributed by atoms with E-state index in [0.29, 0.717) is 29.9 Å². The summed E-state index contributed by atoms with van der Waals surface area (Å²) in [7, 11) is 4.01. The number of carbonyl (C=O) groups excluding carboxylic acids is 1. The zero-order chi connectivity index (χ0) is 24.3. The Kier molecular flexibility index (Phi) is 7.03. The highest BCUT2D eigenvalue weighted by Gasteiger charge is 2.31. The lowest BCUT2D eigenvalue weighted by atomic mass is 9.93. The molecule has 1 aliphatic rings. The molecule has 0 saturated carbocycles. The third-order valence-electron chi connectivity index (χ3n) is 6.08. The third kappa shape index (κ3) is 5.65. The van der Waals surface area contributed by atoms with Crippen LogP contribution in [0.15, 0.2) is 66.7 Å². The Morgan fingerprint density at radius 2 is 1.79 bits per heavy atom. The lowest BCUT2D eigenvalue weighted by molar-refractivity contribution is -0.137. The Balaban J connectivity index is 1.50. The standard InChI is InChI=1S/C27H28F3N3O/c1-32(2)17-19-11-13-20(14-12-19)26(34)33-15-5-7-22(18-33)25-10-4-9-24(31-25)21-6-3-8-23(16-21)27(28,29)30/h3-4,6,8-14,16,22H,5,7,15,17-18H2,1-2H3/t22-/m1/s1. The Morgan fingerprint density at radius 3 is 2.50 bits per heavy atom. The quantitative estimate of drug-likeness (QED) is 0.472. The summed E-state index contributed by atoms with van der Waals surface area (Å²) in [6.45, 7) is 2.04. The van der Waals surface area contributed by atoms with Crippen LogP contribution < -0.4 is 0 Å². The van der Waals surface area contributed by atoms with E-state index < -0.39 is 11.7 Å². The number of carbonyl (C=O) groups is 1. The number of alkyl halides is 3. The molecule has 3 aromatic rings. The van der Waals surface area contributed by atoms with Crippen LogP contribution in [0.5, 0.6) is 0 Å². The maximum Gasteiger partial charge on any atom is 0.416 e. The first kappa shape index (κ1) is 24.0. The topological polar surface area (TPSA) is 36.4 Å². The van der Waals surface area contributed by atoms with Crippen LogP contribution in [0.2, 0.25) is 0 Å². The molecule has 0 radical (unpaired) electrons. The summed E-state index contributed by atoms with van der Waals surface area (Å²) in [5.74, 6) is 0.0339. The Labute approximate surface area is 198 Å². The smallest absolute Gasteiger partial charge is 0.338 e. The Hall–Kier alpha value is -3.19. The minimum Gasteiger partial charge on any atom is -0.338 e. The lowest BCUT2D eigenvalue weighted by Crippen LogP contribution is -2.39. The summed E-state index contributed by atoms with van der Waals surface area (Å²) >= 11 is 0. The number of halogens is 3. The third-order valence-corrected chi connectivity index (χ3v) is 6.08. The van der Waals surface area contributed by atoms with Gasteiger partial charge < -0.3 is 9.80 Å². The molecule has 1 saturated heterocycles. The minimum atomic E-state index is -4.40. The second-order valence-corrected chi connectivity index (χ2v) is 9.05. The highest BCUT2D eigenvalue weighted by atomic mass is 19.4. The van der Waals surface area contributed by atoms with Gasteiger partial charge in [-0.3, -0.25) is 9.78 Å². The fourth-order valence-corrected chi connectivity index (χ4v) is 4.40. The van der Waals surface area contributed by atoms with Crippen molar-refractivity contribution in [3.8, 4) is 11.3 Å². The van der Waals surface area contributed by atoms with E-state index in [1.807, 2.05) is 55.4 Å². The van der Waals surface area contributed by atoms with E-state index in [4.69, 9.17) is 0 Å². The lowest BCUT2D eigenvalue weighted by Gasteiger charge is -2.32. The average Bonchev–Trinajstić information content (AvgIpc) is 2.83. The molecule has 1 aromatic heterocycles. The molecular formula is C27H28F3N3O. The van der Waals surface area contributed by atoms with E-state index in [-0.39, 0.29) is 11.8 Å². The number of aromatic nitrogens is 1. The summed E-state index contributed by atoms with van der Waals surface area (Å²) < 4.78 is 39.4. The zero-order valence-electron chi connectivity index (χ0n) is 19.3. The first-order valence-electron chi connectivity index (χ1n) is 11.4. The normalized spacial score (nSPS) is 16.6. The highest BCUT2D eigenvalue weighted by Crippen LogP contribution is 2.33. The molecule has 2 aromatic carbocycles. The molecule has 2 heterocycles. The van der Waals surface area contributed by atoms with Gasteiger partial charge >= 0.3 is 6.18 Å². The molecule has 0 unspecified atom stereocenters. The van der Waals surface area contributed by atoms with Crippen molar-refractivity contribution in [3.63, 3.8) is 0 Å². The highest BCUT2D eigenvalue weighted by molar-refractivity contribution is 5.94. The molecule has 0 N–H and O–H groups in total.